The van der Waals surface area contributed by atoms with Gasteiger partial charge < -0.3 is 14.5 Å². The van der Waals surface area contributed by atoms with E-state index in [2.05, 4.69) is 19.9 Å². The number of benzene rings is 1. The predicted molar refractivity (Wildman–Crippen MR) is 96.5 cm³/mol. The maximum Gasteiger partial charge on any atom is 0.297 e. The Balaban J connectivity index is 1.78. The van der Waals surface area contributed by atoms with E-state index in [1.165, 1.54) is 7.11 Å². The molecule has 1 N–H and O–H groups in total. The molecular weight excluding hydrogens is 332 g/mol. The summed E-state index contributed by atoms with van der Waals surface area (Å²) in [5.74, 6) is 0.888. The first-order chi connectivity index (χ1) is 12.7. The van der Waals surface area contributed by atoms with Gasteiger partial charge in [-0.3, -0.25) is 14.8 Å². The van der Waals surface area contributed by atoms with Crippen molar-refractivity contribution >= 4 is 10.9 Å². The number of hydrogen-bond acceptors (Lipinski definition) is 6. The van der Waals surface area contributed by atoms with E-state index >= 15 is 0 Å². The van der Waals surface area contributed by atoms with Crippen molar-refractivity contribution in [3.05, 3.63) is 71.3 Å². The summed E-state index contributed by atoms with van der Waals surface area (Å²) in [5, 5.41) is 0.916. The number of nitrogens with one attached hydrogen (secondary N) is 1. The Morgan fingerprint density at radius 3 is 2.69 bits per heavy atom. The van der Waals surface area contributed by atoms with Crippen molar-refractivity contribution in [2.24, 2.45) is 0 Å². The molecule has 0 bridgehead atoms. The first-order valence-corrected chi connectivity index (χ1v) is 7.87. The molecular formula is C19H14N4O3. The average molecular weight is 346 g/mol. The maximum atomic E-state index is 12.3. The highest BCUT2D eigenvalue weighted by molar-refractivity contribution is 5.79. The second-order valence-corrected chi connectivity index (χ2v) is 5.43. The van der Waals surface area contributed by atoms with Gasteiger partial charge in [-0.1, -0.05) is 12.1 Å². The molecule has 0 spiro atoms. The Hall–Kier alpha value is -3.74. The summed E-state index contributed by atoms with van der Waals surface area (Å²) in [4.78, 5) is 27.8. The van der Waals surface area contributed by atoms with Crippen molar-refractivity contribution < 1.29 is 9.47 Å². The number of H-pyrrole nitrogens is 1. The van der Waals surface area contributed by atoms with Gasteiger partial charge in [-0.05, 0) is 36.4 Å². The summed E-state index contributed by atoms with van der Waals surface area (Å²) < 4.78 is 11.0. The number of methoxy groups -OCH3 is 1. The lowest BCUT2D eigenvalue weighted by molar-refractivity contribution is 0.363. The molecule has 4 aromatic rings. The highest BCUT2D eigenvalue weighted by Gasteiger charge is 2.16. The van der Waals surface area contributed by atoms with Crippen LogP contribution in [0, 0.1) is 0 Å². The number of fused-ring (bicyclic) bond motifs is 1. The normalized spacial score (nSPS) is 10.7. The van der Waals surface area contributed by atoms with Crippen LogP contribution in [-0.4, -0.2) is 27.0 Å². The van der Waals surface area contributed by atoms with Gasteiger partial charge in [-0.15, -0.1) is 0 Å². The molecule has 0 aliphatic heterocycles. The summed E-state index contributed by atoms with van der Waals surface area (Å²) in [6.45, 7) is 0. The van der Waals surface area contributed by atoms with Gasteiger partial charge in [0.25, 0.3) is 11.4 Å². The summed E-state index contributed by atoms with van der Waals surface area (Å²) in [7, 11) is 1.39. The quantitative estimate of drug-likeness (QED) is 0.610. The Morgan fingerprint density at radius 1 is 1.00 bits per heavy atom. The largest absolute Gasteiger partial charge is 0.487 e. The van der Waals surface area contributed by atoms with Gasteiger partial charge in [-0.2, -0.15) is 4.98 Å². The van der Waals surface area contributed by atoms with Crippen LogP contribution in [0.15, 0.2) is 65.7 Å². The standard InChI is InChI=1S/C19H14N4O3/c1-25-16-18(24)22-17(15-6-2-3-9-21-15)23-19(16)26-13-7-8-14-12(11-13)5-4-10-20-14/h2-11H,1H3,(H,22,23,24). The first-order valence-electron chi connectivity index (χ1n) is 7.87. The van der Waals surface area contributed by atoms with Crippen molar-refractivity contribution in [3.8, 4) is 28.9 Å². The van der Waals surface area contributed by atoms with Gasteiger partial charge in [0, 0.05) is 17.8 Å². The Bertz CT molecular complexity index is 1130. The monoisotopic (exact) mass is 346 g/mol. The Morgan fingerprint density at radius 2 is 1.88 bits per heavy atom. The minimum absolute atomic E-state index is 0.00374. The summed E-state index contributed by atoms with van der Waals surface area (Å²) >= 11 is 0. The van der Waals surface area contributed by atoms with Crippen LogP contribution >= 0.6 is 0 Å². The van der Waals surface area contributed by atoms with Crippen molar-refractivity contribution in [3.63, 3.8) is 0 Å². The number of ether oxygens (including phenoxy) is 2. The fourth-order valence-corrected chi connectivity index (χ4v) is 2.54. The molecule has 3 aromatic heterocycles. The molecule has 0 saturated heterocycles. The van der Waals surface area contributed by atoms with E-state index < -0.39 is 5.56 Å². The fraction of sp³-hybridized carbons (Fsp3) is 0.0526. The third-order valence-electron chi connectivity index (χ3n) is 3.75. The van der Waals surface area contributed by atoms with Gasteiger partial charge in [0.15, 0.2) is 5.82 Å². The fourth-order valence-electron chi connectivity index (χ4n) is 2.54. The predicted octanol–water partition coefficient (Wildman–Crippen LogP) is 3.18. The van der Waals surface area contributed by atoms with E-state index in [1.54, 1.807) is 30.6 Å². The third kappa shape index (κ3) is 2.98. The summed E-state index contributed by atoms with van der Waals surface area (Å²) in [6, 6.07) is 14.5. The van der Waals surface area contributed by atoms with Crippen molar-refractivity contribution in [2.45, 2.75) is 0 Å². The van der Waals surface area contributed by atoms with Crippen LogP contribution in [0.1, 0.15) is 0 Å². The number of rotatable bonds is 4. The highest BCUT2D eigenvalue weighted by Crippen LogP contribution is 2.29. The molecule has 0 saturated carbocycles. The highest BCUT2D eigenvalue weighted by atomic mass is 16.5. The Kier molecular flexibility index (Phi) is 4.03. The van der Waals surface area contributed by atoms with Crippen molar-refractivity contribution in [1.82, 2.24) is 19.9 Å². The van der Waals surface area contributed by atoms with Crippen LogP contribution < -0.4 is 15.0 Å². The molecule has 26 heavy (non-hydrogen) atoms. The topological polar surface area (TPSA) is 90.0 Å². The zero-order valence-electron chi connectivity index (χ0n) is 13.8. The van der Waals surface area contributed by atoms with Crippen LogP contribution in [0.5, 0.6) is 17.4 Å². The smallest absolute Gasteiger partial charge is 0.297 e. The molecule has 0 aliphatic carbocycles. The van der Waals surface area contributed by atoms with Gasteiger partial charge in [0.1, 0.15) is 11.4 Å². The number of nitrogens with zero attached hydrogens (tertiary/aromatic N) is 3. The van der Waals surface area contributed by atoms with Crippen LogP contribution in [-0.2, 0) is 0 Å². The molecule has 3 heterocycles. The third-order valence-corrected chi connectivity index (χ3v) is 3.75. The molecule has 1 aromatic carbocycles. The molecule has 0 fully saturated rings. The molecule has 7 heteroatoms. The SMILES string of the molecule is COc1c(Oc2ccc3ncccc3c2)nc(-c2ccccn2)[nH]c1=O. The average Bonchev–Trinajstić information content (AvgIpc) is 2.68. The number of aromatic nitrogens is 4. The lowest BCUT2D eigenvalue weighted by Crippen LogP contribution is -2.13. The molecule has 0 atom stereocenters. The number of aromatic amines is 1. The van der Waals surface area contributed by atoms with E-state index in [0.717, 1.165) is 10.9 Å². The van der Waals surface area contributed by atoms with Gasteiger partial charge in [0.2, 0.25) is 5.75 Å². The minimum Gasteiger partial charge on any atom is -0.487 e. The van der Waals surface area contributed by atoms with E-state index in [0.29, 0.717) is 17.3 Å². The number of hydrogen-bond donors (Lipinski definition) is 1. The second kappa shape index (κ2) is 6.64. The molecule has 0 aliphatic rings. The van der Waals surface area contributed by atoms with Crippen molar-refractivity contribution in [2.75, 3.05) is 7.11 Å². The Labute approximate surface area is 148 Å². The lowest BCUT2D eigenvalue weighted by Gasteiger charge is -2.10. The summed E-state index contributed by atoms with van der Waals surface area (Å²) in [6.07, 6.45) is 3.35. The molecule has 7 nitrogen and oxygen atoms in total. The van der Waals surface area contributed by atoms with E-state index in [4.69, 9.17) is 9.47 Å². The minimum atomic E-state index is -0.444. The summed E-state index contributed by atoms with van der Waals surface area (Å²) in [5.41, 5.74) is 0.931. The van der Waals surface area contributed by atoms with Gasteiger partial charge >= 0.3 is 0 Å². The van der Waals surface area contributed by atoms with Gasteiger partial charge in [-0.25, -0.2) is 0 Å². The zero-order chi connectivity index (χ0) is 17.9. The molecule has 128 valence electrons. The van der Waals surface area contributed by atoms with E-state index in [9.17, 15) is 4.79 Å². The van der Waals surface area contributed by atoms with E-state index in [1.807, 2.05) is 30.3 Å². The van der Waals surface area contributed by atoms with Gasteiger partial charge in [0.05, 0.1) is 12.6 Å². The molecule has 0 amide bonds. The lowest BCUT2D eigenvalue weighted by atomic mass is 10.2. The zero-order valence-corrected chi connectivity index (χ0v) is 13.8. The molecule has 4 rings (SSSR count). The molecule has 0 radical (unpaired) electrons. The van der Waals surface area contributed by atoms with Crippen LogP contribution in [0.2, 0.25) is 0 Å². The van der Waals surface area contributed by atoms with Crippen LogP contribution in [0.4, 0.5) is 0 Å². The molecule has 0 unspecified atom stereocenters. The number of pyridine rings is 2. The maximum absolute atomic E-state index is 12.3. The van der Waals surface area contributed by atoms with Crippen molar-refractivity contribution in [1.29, 1.82) is 0 Å². The van der Waals surface area contributed by atoms with Crippen LogP contribution in [0.25, 0.3) is 22.4 Å². The second-order valence-electron chi connectivity index (χ2n) is 5.43. The van der Waals surface area contributed by atoms with E-state index in [-0.39, 0.29) is 11.6 Å². The van der Waals surface area contributed by atoms with Crippen LogP contribution in [0.3, 0.4) is 0 Å². The first kappa shape index (κ1) is 15.8.